The van der Waals surface area contributed by atoms with Crippen LogP contribution in [-0.4, -0.2) is 36.1 Å². The predicted molar refractivity (Wildman–Crippen MR) is 78.1 cm³/mol. The molecule has 0 aliphatic carbocycles. The van der Waals surface area contributed by atoms with Crippen molar-refractivity contribution in [2.45, 2.75) is 50.7 Å². The number of aromatic nitrogens is 1. The molecule has 1 aromatic rings. The summed E-state index contributed by atoms with van der Waals surface area (Å²) in [6.07, 6.45) is 7.48. The fourth-order valence-electron chi connectivity index (χ4n) is 4.06. The van der Waals surface area contributed by atoms with Gasteiger partial charge in [-0.05, 0) is 64.3 Å². The van der Waals surface area contributed by atoms with Crippen LogP contribution in [0.15, 0.2) is 18.3 Å². The number of rotatable bonds is 3. The molecular formula is C16H25N3. The van der Waals surface area contributed by atoms with Gasteiger partial charge in [0.25, 0.3) is 0 Å². The van der Waals surface area contributed by atoms with Crippen molar-refractivity contribution in [3.05, 3.63) is 29.6 Å². The molecule has 1 N–H and O–H groups in total. The second kappa shape index (κ2) is 5.22. The Morgan fingerprint density at radius 1 is 1.26 bits per heavy atom. The molecule has 3 heteroatoms. The molecule has 2 fully saturated rings. The van der Waals surface area contributed by atoms with E-state index in [-0.39, 0.29) is 0 Å². The lowest BCUT2D eigenvalue weighted by Gasteiger charge is -2.39. The van der Waals surface area contributed by atoms with E-state index in [2.05, 4.69) is 47.6 Å². The first-order valence-corrected chi connectivity index (χ1v) is 7.50. The van der Waals surface area contributed by atoms with Crippen molar-refractivity contribution in [1.82, 2.24) is 15.2 Å². The zero-order valence-corrected chi connectivity index (χ0v) is 12.3. The molecule has 3 atom stereocenters. The zero-order valence-electron chi connectivity index (χ0n) is 12.3. The van der Waals surface area contributed by atoms with Crippen LogP contribution in [0.4, 0.5) is 0 Å². The van der Waals surface area contributed by atoms with E-state index in [1.165, 1.54) is 31.2 Å². The second-order valence-electron chi connectivity index (χ2n) is 6.28. The predicted octanol–water partition coefficient (Wildman–Crippen LogP) is 2.52. The van der Waals surface area contributed by atoms with Crippen LogP contribution in [0.3, 0.4) is 0 Å². The summed E-state index contributed by atoms with van der Waals surface area (Å²) in [5.74, 6) is 0.753. The molecular weight excluding hydrogens is 234 g/mol. The molecule has 3 nitrogen and oxygen atoms in total. The Labute approximate surface area is 116 Å². The molecule has 2 bridgehead atoms. The van der Waals surface area contributed by atoms with Gasteiger partial charge in [-0.2, -0.15) is 0 Å². The number of pyridine rings is 1. The normalized spacial score (nSPS) is 32.5. The summed E-state index contributed by atoms with van der Waals surface area (Å²) >= 11 is 0. The molecule has 2 aliphatic rings. The van der Waals surface area contributed by atoms with E-state index in [1.807, 2.05) is 6.92 Å². The molecule has 3 unspecified atom stereocenters. The first-order chi connectivity index (χ1) is 9.19. The van der Waals surface area contributed by atoms with E-state index < -0.39 is 0 Å². The minimum absolute atomic E-state index is 0.463. The number of hydrogen-bond acceptors (Lipinski definition) is 3. The molecule has 0 saturated carbocycles. The molecule has 0 aromatic carbocycles. The highest BCUT2D eigenvalue weighted by molar-refractivity contribution is 5.19. The first kappa shape index (κ1) is 13.1. The number of aryl methyl sites for hydroxylation is 1. The van der Waals surface area contributed by atoms with Crippen molar-refractivity contribution in [3.8, 4) is 0 Å². The summed E-state index contributed by atoms with van der Waals surface area (Å²) in [6.45, 7) is 2.05. The van der Waals surface area contributed by atoms with Gasteiger partial charge in [-0.3, -0.25) is 4.98 Å². The van der Waals surface area contributed by atoms with Crippen LogP contribution in [0.2, 0.25) is 0 Å². The molecule has 104 valence electrons. The molecule has 0 spiro atoms. The largest absolute Gasteiger partial charge is 0.313 e. The fraction of sp³-hybridized carbons (Fsp3) is 0.688. The molecule has 0 amide bonds. The van der Waals surface area contributed by atoms with Gasteiger partial charge in [0.05, 0.1) is 0 Å². The van der Waals surface area contributed by atoms with Crippen LogP contribution >= 0.6 is 0 Å². The van der Waals surface area contributed by atoms with Crippen LogP contribution in [0.5, 0.6) is 0 Å². The van der Waals surface area contributed by atoms with Crippen molar-refractivity contribution < 1.29 is 0 Å². The van der Waals surface area contributed by atoms with Crippen LogP contribution in [0, 0.1) is 12.8 Å². The smallest absolute Gasteiger partial charge is 0.0372 e. The van der Waals surface area contributed by atoms with Crippen molar-refractivity contribution in [2.75, 3.05) is 14.1 Å². The van der Waals surface area contributed by atoms with Gasteiger partial charge in [0.2, 0.25) is 0 Å². The maximum absolute atomic E-state index is 4.46. The Balaban J connectivity index is 1.78. The summed E-state index contributed by atoms with van der Waals surface area (Å²) in [6, 6.07) is 6.44. The topological polar surface area (TPSA) is 28.2 Å². The van der Waals surface area contributed by atoms with Gasteiger partial charge >= 0.3 is 0 Å². The van der Waals surface area contributed by atoms with E-state index >= 15 is 0 Å². The summed E-state index contributed by atoms with van der Waals surface area (Å²) < 4.78 is 0. The van der Waals surface area contributed by atoms with Gasteiger partial charge in [0.15, 0.2) is 0 Å². The molecule has 1 aromatic heterocycles. The Morgan fingerprint density at radius 2 is 1.95 bits per heavy atom. The van der Waals surface area contributed by atoms with Crippen molar-refractivity contribution in [1.29, 1.82) is 0 Å². The highest BCUT2D eigenvalue weighted by atomic mass is 15.2. The highest BCUT2D eigenvalue weighted by Gasteiger charge is 2.40. The van der Waals surface area contributed by atoms with Crippen LogP contribution in [0.25, 0.3) is 0 Å². The minimum atomic E-state index is 0.463. The van der Waals surface area contributed by atoms with Gasteiger partial charge in [0.1, 0.15) is 0 Å². The zero-order chi connectivity index (χ0) is 13.4. The third-order valence-corrected chi connectivity index (χ3v) is 5.21. The van der Waals surface area contributed by atoms with Crippen molar-refractivity contribution in [3.63, 3.8) is 0 Å². The average Bonchev–Trinajstić information content (AvgIpc) is 2.65. The number of hydrogen-bond donors (Lipinski definition) is 1. The molecule has 3 rings (SSSR count). The van der Waals surface area contributed by atoms with E-state index in [0.29, 0.717) is 6.04 Å². The molecule has 3 heterocycles. The Hall–Kier alpha value is -0.930. The van der Waals surface area contributed by atoms with E-state index in [1.54, 1.807) is 0 Å². The number of nitrogens with zero attached hydrogens (tertiary/aromatic N) is 2. The average molecular weight is 259 g/mol. The number of fused-ring (bicyclic) bond motifs is 2. The number of nitrogens with one attached hydrogen (secondary N) is 1. The SMILES string of the molecule is CNC(c1ccc(C)nc1)C1CC2CCC(C1)N2C. The lowest BCUT2D eigenvalue weighted by molar-refractivity contribution is 0.114. The van der Waals surface area contributed by atoms with Gasteiger partial charge in [-0.15, -0.1) is 0 Å². The summed E-state index contributed by atoms with van der Waals surface area (Å²) in [5, 5.41) is 3.53. The molecule has 2 saturated heterocycles. The van der Waals surface area contributed by atoms with Gasteiger partial charge < -0.3 is 10.2 Å². The van der Waals surface area contributed by atoms with Crippen molar-refractivity contribution >= 4 is 0 Å². The molecule has 2 aliphatic heterocycles. The van der Waals surface area contributed by atoms with Gasteiger partial charge in [-0.25, -0.2) is 0 Å². The Kier molecular flexibility index (Phi) is 3.59. The monoisotopic (exact) mass is 259 g/mol. The Morgan fingerprint density at radius 3 is 2.47 bits per heavy atom. The van der Waals surface area contributed by atoms with E-state index in [0.717, 1.165) is 23.7 Å². The Bertz CT molecular complexity index is 414. The summed E-state index contributed by atoms with van der Waals surface area (Å²) in [5.41, 5.74) is 2.45. The standard InChI is InChI=1S/C16H25N3/c1-11-4-5-12(10-18-11)16(17-2)13-8-14-6-7-15(9-13)19(14)3/h4-5,10,13-17H,6-9H2,1-3H3. The van der Waals surface area contributed by atoms with Crippen molar-refractivity contribution in [2.24, 2.45) is 5.92 Å². The third-order valence-electron chi connectivity index (χ3n) is 5.21. The van der Waals surface area contributed by atoms with Gasteiger partial charge in [0, 0.05) is 30.0 Å². The van der Waals surface area contributed by atoms with Crippen LogP contribution in [-0.2, 0) is 0 Å². The molecule has 19 heavy (non-hydrogen) atoms. The maximum Gasteiger partial charge on any atom is 0.0372 e. The van der Waals surface area contributed by atoms with E-state index in [9.17, 15) is 0 Å². The minimum Gasteiger partial charge on any atom is -0.313 e. The second-order valence-corrected chi connectivity index (χ2v) is 6.28. The summed E-state index contributed by atoms with van der Waals surface area (Å²) in [4.78, 5) is 7.07. The van der Waals surface area contributed by atoms with Crippen LogP contribution in [0.1, 0.15) is 43.0 Å². The lowest BCUT2D eigenvalue weighted by Crippen LogP contribution is -2.43. The van der Waals surface area contributed by atoms with E-state index in [4.69, 9.17) is 0 Å². The summed E-state index contributed by atoms with van der Waals surface area (Å²) in [7, 11) is 4.39. The maximum atomic E-state index is 4.46. The molecule has 0 radical (unpaired) electrons. The fourth-order valence-corrected chi connectivity index (χ4v) is 4.06. The lowest BCUT2D eigenvalue weighted by atomic mass is 9.82. The number of piperidine rings is 1. The third kappa shape index (κ3) is 2.41. The quantitative estimate of drug-likeness (QED) is 0.904. The van der Waals surface area contributed by atoms with Gasteiger partial charge in [-0.1, -0.05) is 6.07 Å². The van der Waals surface area contributed by atoms with Crippen LogP contribution < -0.4 is 5.32 Å². The first-order valence-electron chi connectivity index (χ1n) is 7.50. The highest BCUT2D eigenvalue weighted by Crippen LogP contribution is 2.42.